The van der Waals surface area contributed by atoms with Crippen molar-refractivity contribution in [2.75, 3.05) is 6.54 Å². The van der Waals surface area contributed by atoms with Gasteiger partial charge >= 0.3 is 0 Å². The van der Waals surface area contributed by atoms with Crippen LogP contribution in [0.5, 0.6) is 0 Å². The highest BCUT2D eigenvalue weighted by Crippen LogP contribution is 2.21. The molecule has 0 fully saturated rings. The van der Waals surface area contributed by atoms with Gasteiger partial charge in [-0.05, 0) is 18.2 Å². The number of hydrogen-bond donors (Lipinski definition) is 1. The van der Waals surface area contributed by atoms with Crippen LogP contribution in [0, 0.1) is 5.82 Å². The average Bonchev–Trinajstić information content (AvgIpc) is 2.14. The first-order chi connectivity index (χ1) is 7.33. The molecule has 16 heavy (non-hydrogen) atoms. The zero-order valence-corrected chi connectivity index (χ0v) is 10.3. The maximum atomic E-state index is 12.7. The molecule has 0 amide bonds. The molecule has 0 heterocycles. The van der Waals surface area contributed by atoms with Crippen molar-refractivity contribution in [3.8, 4) is 0 Å². The van der Waals surface area contributed by atoms with Crippen LogP contribution in [0.15, 0.2) is 34.7 Å². The van der Waals surface area contributed by atoms with Gasteiger partial charge in [-0.1, -0.05) is 29.8 Å². The van der Waals surface area contributed by atoms with E-state index >= 15 is 0 Å². The summed E-state index contributed by atoms with van der Waals surface area (Å²) in [7, 11) is -3.80. The highest BCUT2D eigenvalue weighted by Gasteiger charge is 2.17. The highest BCUT2D eigenvalue weighted by atomic mass is 35.5. The van der Waals surface area contributed by atoms with E-state index in [0.717, 1.165) is 18.2 Å². The van der Waals surface area contributed by atoms with Crippen LogP contribution in [0.1, 0.15) is 0 Å². The first-order valence-electron chi connectivity index (χ1n) is 4.11. The molecule has 0 aliphatic heterocycles. The number of rotatable bonds is 4. The van der Waals surface area contributed by atoms with Gasteiger partial charge in [-0.15, -0.1) is 0 Å². The summed E-state index contributed by atoms with van der Waals surface area (Å²) in [6.07, 6.45) is 0. The minimum absolute atomic E-state index is 0.113. The second-order valence-electron chi connectivity index (χ2n) is 2.92. The predicted molar refractivity (Wildman–Crippen MR) is 61.6 cm³/mol. The third kappa shape index (κ3) is 3.45. The van der Waals surface area contributed by atoms with Crippen LogP contribution < -0.4 is 4.72 Å². The van der Waals surface area contributed by atoms with Crippen molar-refractivity contribution in [1.82, 2.24) is 4.72 Å². The van der Waals surface area contributed by atoms with Gasteiger partial charge in [0.1, 0.15) is 10.7 Å². The van der Waals surface area contributed by atoms with Crippen molar-refractivity contribution in [2.24, 2.45) is 0 Å². The van der Waals surface area contributed by atoms with Gasteiger partial charge in [-0.25, -0.2) is 17.5 Å². The Balaban J connectivity index is 3.03. The number of halogens is 3. The molecule has 0 saturated heterocycles. The van der Waals surface area contributed by atoms with Gasteiger partial charge in [0.15, 0.2) is 0 Å². The first kappa shape index (κ1) is 13.4. The lowest BCUT2D eigenvalue weighted by atomic mass is 10.3. The smallest absolute Gasteiger partial charge is 0.207 e. The highest BCUT2D eigenvalue weighted by molar-refractivity contribution is 7.89. The first-order valence-corrected chi connectivity index (χ1v) is 6.35. The van der Waals surface area contributed by atoms with Crippen LogP contribution in [0.4, 0.5) is 4.39 Å². The van der Waals surface area contributed by atoms with Crippen LogP contribution in [0.25, 0.3) is 0 Å². The Hall–Kier alpha value is -0.620. The lowest BCUT2D eigenvalue weighted by Crippen LogP contribution is -2.25. The molecule has 0 atom stereocenters. The third-order valence-corrected chi connectivity index (χ3v) is 3.66. The number of nitrogens with one attached hydrogen (secondary N) is 1. The molecule has 0 aliphatic carbocycles. The fraction of sp³-hybridized carbons (Fsp3) is 0.111. The zero-order valence-electron chi connectivity index (χ0n) is 8.00. The SMILES string of the molecule is C=C(Cl)CNS(=O)(=O)c1ccc(F)cc1Cl. The van der Waals surface area contributed by atoms with E-state index in [0.29, 0.717) is 0 Å². The van der Waals surface area contributed by atoms with Crippen LogP contribution >= 0.6 is 23.2 Å². The van der Waals surface area contributed by atoms with Crippen molar-refractivity contribution in [3.05, 3.63) is 40.7 Å². The zero-order chi connectivity index (χ0) is 12.3. The van der Waals surface area contributed by atoms with Crippen molar-refractivity contribution in [1.29, 1.82) is 0 Å². The van der Waals surface area contributed by atoms with Gasteiger partial charge < -0.3 is 0 Å². The molecule has 1 aromatic rings. The standard InChI is InChI=1S/C9H8Cl2FNO2S/c1-6(10)5-13-16(14,15)9-3-2-7(12)4-8(9)11/h2-4,13H,1,5H2. The molecule has 0 saturated carbocycles. The van der Waals surface area contributed by atoms with E-state index in [9.17, 15) is 12.8 Å². The molecule has 88 valence electrons. The summed E-state index contributed by atoms with van der Waals surface area (Å²) >= 11 is 11.0. The van der Waals surface area contributed by atoms with Crippen molar-refractivity contribution >= 4 is 33.2 Å². The van der Waals surface area contributed by atoms with Gasteiger partial charge in [-0.2, -0.15) is 0 Å². The lowest BCUT2D eigenvalue weighted by Gasteiger charge is -2.07. The van der Waals surface area contributed by atoms with E-state index in [1.165, 1.54) is 0 Å². The minimum Gasteiger partial charge on any atom is -0.207 e. The van der Waals surface area contributed by atoms with Crippen LogP contribution in [0.3, 0.4) is 0 Å². The fourth-order valence-electron chi connectivity index (χ4n) is 0.944. The van der Waals surface area contributed by atoms with Crippen LogP contribution in [-0.4, -0.2) is 15.0 Å². The largest absolute Gasteiger partial charge is 0.242 e. The molecule has 1 N–H and O–H groups in total. The van der Waals surface area contributed by atoms with Gasteiger partial charge in [0, 0.05) is 11.6 Å². The fourth-order valence-corrected chi connectivity index (χ4v) is 2.64. The van der Waals surface area contributed by atoms with Gasteiger partial charge in [-0.3, -0.25) is 0 Å². The summed E-state index contributed by atoms with van der Waals surface area (Å²) in [4.78, 5) is -0.200. The molecule has 1 aromatic carbocycles. The number of benzene rings is 1. The normalized spacial score (nSPS) is 11.4. The van der Waals surface area contributed by atoms with E-state index in [1.54, 1.807) is 0 Å². The molecule has 0 unspecified atom stereocenters. The lowest BCUT2D eigenvalue weighted by molar-refractivity contribution is 0.584. The summed E-state index contributed by atoms with van der Waals surface area (Å²) < 4.78 is 38.2. The minimum atomic E-state index is -3.80. The predicted octanol–water partition coefficient (Wildman–Crippen LogP) is 2.51. The molecule has 0 aromatic heterocycles. The monoisotopic (exact) mass is 283 g/mol. The van der Waals surface area contributed by atoms with E-state index < -0.39 is 15.8 Å². The maximum Gasteiger partial charge on any atom is 0.242 e. The number of hydrogen-bond acceptors (Lipinski definition) is 2. The molecular weight excluding hydrogens is 276 g/mol. The Kier molecular flexibility index (Phi) is 4.32. The summed E-state index contributed by atoms with van der Waals surface area (Å²) in [5, 5.41) is -0.0468. The third-order valence-electron chi connectivity index (χ3n) is 1.64. The van der Waals surface area contributed by atoms with E-state index in [1.807, 2.05) is 0 Å². The second kappa shape index (κ2) is 5.14. The Bertz CT molecular complexity index is 516. The Labute approximate surface area is 103 Å². The van der Waals surface area contributed by atoms with Crippen LogP contribution in [0.2, 0.25) is 5.02 Å². The molecule has 0 aliphatic rings. The summed E-state index contributed by atoms with van der Waals surface area (Å²) in [6, 6.07) is 3.01. The van der Waals surface area contributed by atoms with Crippen molar-refractivity contribution in [2.45, 2.75) is 4.90 Å². The Morgan fingerprint density at radius 2 is 2.12 bits per heavy atom. The quantitative estimate of drug-likeness (QED) is 0.923. The molecule has 7 heteroatoms. The second-order valence-corrected chi connectivity index (χ2v) is 5.59. The topological polar surface area (TPSA) is 46.2 Å². The van der Waals surface area contributed by atoms with Crippen LogP contribution in [-0.2, 0) is 10.0 Å². The Morgan fingerprint density at radius 1 is 1.50 bits per heavy atom. The summed E-state index contributed by atoms with van der Waals surface area (Å²) in [5.41, 5.74) is 0. The Morgan fingerprint density at radius 3 is 2.62 bits per heavy atom. The summed E-state index contributed by atoms with van der Waals surface area (Å²) in [5.74, 6) is -0.606. The van der Waals surface area contributed by atoms with E-state index in [-0.39, 0.29) is 21.5 Å². The molecule has 0 radical (unpaired) electrons. The van der Waals surface area contributed by atoms with Gasteiger partial charge in [0.05, 0.1) is 5.02 Å². The number of sulfonamides is 1. The summed E-state index contributed by atoms with van der Waals surface area (Å²) in [6.45, 7) is 3.22. The van der Waals surface area contributed by atoms with Gasteiger partial charge in [0.2, 0.25) is 10.0 Å². The molecule has 3 nitrogen and oxygen atoms in total. The molecule has 0 bridgehead atoms. The van der Waals surface area contributed by atoms with E-state index in [4.69, 9.17) is 23.2 Å². The van der Waals surface area contributed by atoms with Gasteiger partial charge in [0.25, 0.3) is 0 Å². The van der Waals surface area contributed by atoms with Crippen molar-refractivity contribution < 1.29 is 12.8 Å². The molecule has 1 rings (SSSR count). The van der Waals surface area contributed by atoms with E-state index in [2.05, 4.69) is 11.3 Å². The molecule has 0 spiro atoms. The average molecular weight is 284 g/mol. The molecular formula is C9H8Cl2FNO2S. The maximum absolute atomic E-state index is 12.7. The van der Waals surface area contributed by atoms with Crippen molar-refractivity contribution in [3.63, 3.8) is 0 Å².